The van der Waals surface area contributed by atoms with Gasteiger partial charge in [-0.05, 0) is 49.7 Å². The van der Waals surface area contributed by atoms with E-state index in [1.165, 1.54) is 0 Å². The van der Waals surface area contributed by atoms with Crippen molar-refractivity contribution in [2.75, 3.05) is 13.2 Å². The van der Waals surface area contributed by atoms with E-state index >= 15 is 0 Å². The largest absolute Gasteiger partial charge is 0.494 e. The number of benzene rings is 1. The minimum absolute atomic E-state index is 0.0125. The maximum absolute atomic E-state index is 12.9. The van der Waals surface area contributed by atoms with Crippen LogP contribution in [0.1, 0.15) is 42.7 Å². The highest BCUT2D eigenvalue weighted by Gasteiger charge is 2.16. The number of imidazole rings is 1. The van der Waals surface area contributed by atoms with Crippen molar-refractivity contribution < 1.29 is 9.53 Å². The lowest BCUT2D eigenvalue weighted by Crippen LogP contribution is -2.30. The molecule has 2 aromatic heterocycles. The van der Waals surface area contributed by atoms with Gasteiger partial charge in [-0.15, -0.1) is 0 Å². The Morgan fingerprint density at radius 1 is 1.15 bits per heavy atom. The van der Waals surface area contributed by atoms with E-state index in [0.717, 1.165) is 29.9 Å². The molecule has 26 heavy (non-hydrogen) atoms. The number of amides is 1. The molecule has 2 heterocycles. The topological polar surface area (TPSA) is 46.8 Å². The van der Waals surface area contributed by atoms with Crippen LogP contribution in [0, 0.1) is 0 Å². The predicted molar refractivity (Wildman–Crippen MR) is 102 cm³/mol. The molecule has 0 N–H and O–H groups in total. The first-order valence-electron chi connectivity index (χ1n) is 9.16. The molecule has 0 aliphatic carbocycles. The number of nitrogens with zero attached hydrogens (tertiary/aromatic N) is 3. The van der Waals surface area contributed by atoms with Gasteiger partial charge < -0.3 is 14.0 Å². The standard InChI is InChI=1S/C21H25N3O2/c1-3-5-14-26-19-11-9-17(10-12-19)21(25)23(4-2)16-18-15-22-20-8-6-7-13-24(18)20/h6-13,15H,3-5,14,16H2,1-2H3. The fourth-order valence-electron chi connectivity index (χ4n) is 2.84. The number of hydrogen-bond acceptors (Lipinski definition) is 3. The summed E-state index contributed by atoms with van der Waals surface area (Å²) in [5, 5.41) is 0. The summed E-state index contributed by atoms with van der Waals surface area (Å²) in [4.78, 5) is 19.1. The van der Waals surface area contributed by atoms with Crippen molar-refractivity contribution >= 4 is 11.6 Å². The maximum atomic E-state index is 12.9. The molecule has 5 nitrogen and oxygen atoms in total. The Morgan fingerprint density at radius 3 is 2.69 bits per heavy atom. The first kappa shape index (κ1) is 18.0. The Morgan fingerprint density at radius 2 is 1.96 bits per heavy atom. The Balaban J connectivity index is 1.70. The number of fused-ring (bicyclic) bond motifs is 1. The molecule has 0 aliphatic heterocycles. The summed E-state index contributed by atoms with van der Waals surface area (Å²) in [5.74, 6) is 0.818. The number of unbranched alkanes of at least 4 members (excludes halogenated alkanes) is 1. The molecule has 0 saturated heterocycles. The highest BCUT2D eigenvalue weighted by molar-refractivity contribution is 5.94. The molecule has 1 amide bonds. The minimum atomic E-state index is 0.0125. The van der Waals surface area contributed by atoms with E-state index in [4.69, 9.17) is 4.74 Å². The zero-order chi connectivity index (χ0) is 18.4. The quantitative estimate of drug-likeness (QED) is 0.572. The average Bonchev–Trinajstić information content (AvgIpc) is 3.09. The molecule has 0 atom stereocenters. The van der Waals surface area contributed by atoms with Crippen LogP contribution < -0.4 is 4.74 Å². The number of hydrogen-bond donors (Lipinski definition) is 0. The lowest BCUT2D eigenvalue weighted by Gasteiger charge is -2.21. The monoisotopic (exact) mass is 351 g/mol. The number of carbonyl (C=O) groups excluding carboxylic acids is 1. The highest BCUT2D eigenvalue weighted by atomic mass is 16.5. The van der Waals surface area contributed by atoms with Crippen molar-refractivity contribution in [3.05, 3.63) is 66.1 Å². The zero-order valence-corrected chi connectivity index (χ0v) is 15.4. The number of ether oxygens (including phenoxy) is 1. The third-order valence-electron chi connectivity index (χ3n) is 4.38. The van der Waals surface area contributed by atoms with E-state index < -0.39 is 0 Å². The highest BCUT2D eigenvalue weighted by Crippen LogP contribution is 2.16. The van der Waals surface area contributed by atoms with Crippen molar-refractivity contribution in [2.45, 2.75) is 33.2 Å². The van der Waals surface area contributed by atoms with Crippen molar-refractivity contribution in [1.82, 2.24) is 14.3 Å². The molecule has 0 radical (unpaired) electrons. The molecule has 0 unspecified atom stereocenters. The van der Waals surface area contributed by atoms with Crippen molar-refractivity contribution in [3.63, 3.8) is 0 Å². The average molecular weight is 351 g/mol. The summed E-state index contributed by atoms with van der Waals surface area (Å²) in [5.41, 5.74) is 2.55. The normalized spacial score (nSPS) is 10.8. The Labute approximate surface area is 154 Å². The second-order valence-electron chi connectivity index (χ2n) is 6.22. The van der Waals surface area contributed by atoms with Gasteiger partial charge >= 0.3 is 0 Å². The van der Waals surface area contributed by atoms with Gasteiger partial charge in [-0.2, -0.15) is 0 Å². The van der Waals surface area contributed by atoms with Gasteiger partial charge in [0.1, 0.15) is 11.4 Å². The summed E-state index contributed by atoms with van der Waals surface area (Å²) in [6, 6.07) is 13.3. The molecule has 0 saturated carbocycles. The molecule has 0 fully saturated rings. The fourth-order valence-corrected chi connectivity index (χ4v) is 2.84. The molecular weight excluding hydrogens is 326 g/mol. The Kier molecular flexibility index (Phi) is 5.89. The second kappa shape index (κ2) is 8.52. The predicted octanol–water partition coefficient (Wildman–Crippen LogP) is 4.18. The van der Waals surface area contributed by atoms with Gasteiger partial charge in [-0.25, -0.2) is 4.98 Å². The van der Waals surface area contributed by atoms with E-state index in [9.17, 15) is 4.79 Å². The smallest absolute Gasteiger partial charge is 0.254 e. The third-order valence-corrected chi connectivity index (χ3v) is 4.38. The number of rotatable bonds is 8. The molecule has 0 aliphatic rings. The van der Waals surface area contributed by atoms with Gasteiger partial charge in [0.05, 0.1) is 25.0 Å². The van der Waals surface area contributed by atoms with Crippen LogP contribution in [0.2, 0.25) is 0 Å². The molecule has 3 aromatic rings. The molecule has 1 aromatic carbocycles. The Bertz CT molecular complexity index is 855. The Hall–Kier alpha value is -2.82. The zero-order valence-electron chi connectivity index (χ0n) is 15.4. The summed E-state index contributed by atoms with van der Waals surface area (Å²) in [7, 11) is 0. The van der Waals surface area contributed by atoms with Gasteiger partial charge in [-0.1, -0.05) is 19.4 Å². The summed E-state index contributed by atoms with van der Waals surface area (Å²) >= 11 is 0. The van der Waals surface area contributed by atoms with Gasteiger partial charge in [0, 0.05) is 18.3 Å². The van der Waals surface area contributed by atoms with Crippen LogP contribution in [0.25, 0.3) is 5.65 Å². The van der Waals surface area contributed by atoms with Crippen molar-refractivity contribution in [2.24, 2.45) is 0 Å². The van der Waals surface area contributed by atoms with Crippen LogP contribution in [0.5, 0.6) is 5.75 Å². The van der Waals surface area contributed by atoms with Crippen molar-refractivity contribution in [3.8, 4) is 5.75 Å². The maximum Gasteiger partial charge on any atom is 0.254 e. The van der Waals surface area contributed by atoms with Crippen LogP contribution >= 0.6 is 0 Å². The number of aromatic nitrogens is 2. The lowest BCUT2D eigenvalue weighted by molar-refractivity contribution is 0.0750. The lowest BCUT2D eigenvalue weighted by atomic mass is 10.2. The van der Waals surface area contributed by atoms with Crippen LogP contribution in [0.15, 0.2) is 54.9 Å². The van der Waals surface area contributed by atoms with Crippen LogP contribution in [0.3, 0.4) is 0 Å². The summed E-state index contributed by atoms with van der Waals surface area (Å²) < 4.78 is 7.68. The minimum Gasteiger partial charge on any atom is -0.494 e. The second-order valence-corrected chi connectivity index (χ2v) is 6.22. The van der Waals surface area contributed by atoms with E-state index in [1.54, 1.807) is 0 Å². The molecular formula is C21H25N3O2. The fraction of sp³-hybridized carbons (Fsp3) is 0.333. The van der Waals surface area contributed by atoms with E-state index in [2.05, 4.69) is 11.9 Å². The molecule has 0 bridgehead atoms. The van der Waals surface area contributed by atoms with E-state index in [0.29, 0.717) is 25.3 Å². The van der Waals surface area contributed by atoms with E-state index in [1.807, 2.05) is 71.1 Å². The van der Waals surface area contributed by atoms with E-state index in [-0.39, 0.29) is 5.91 Å². The SMILES string of the molecule is CCCCOc1ccc(C(=O)N(CC)Cc2cnc3ccccn23)cc1. The summed E-state index contributed by atoms with van der Waals surface area (Å²) in [6.07, 6.45) is 5.93. The number of carbonyl (C=O) groups is 1. The van der Waals surface area contributed by atoms with Gasteiger partial charge in [-0.3, -0.25) is 4.79 Å². The first-order chi connectivity index (χ1) is 12.7. The van der Waals surface area contributed by atoms with Gasteiger partial charge in [0.2, 0.25) is 0 Å². The van der Waals surface area contributed by atoms with Crippen LogP contribution in [-0.2, 0) is 6.54 Å². The molecule has 5 heteroatoms. The molecule has 0 spiro atoms. The molecule has 3 rings (SSSR count). The van der Waals surface area contributed by atoms with Gasteiger partial charge in [0.25, 0.3) is 5.91 Å². The van der Waals surface area contributed by atoms with Crippen LogP contribution in [0.4, 0.5) is 0 Å². The third kappa shape index (κ3) is 4.04. The number of pyridine rings is 1. The summed E-state index contributed by atoms with van der Waals surface area (Å²) in [6.45, 7) is 5.99. The van der Waals surface area contributed by atoms with Gasteiger partial charge in [0.15, 0.2) is 0 Å². The first-order valence-corrected chi connectivity index (χ1v) is 9.16. The van der Waals surface area contributed by atoms with Crippen molar-refractivity contribution in [1.29, 1.82) is 0 Å². The van der Waals surface area contributed by atoms with Crippen LogP contribution in [-0.4, -0.2) is 33.3 Å². The molecule has 136 valence electrons.